The highest BCUT2D eigenvalue weighted by molar-refractivity contribution is 9.10. The molecule has 9 heteroatoms. The molecule has 0 atom stereocenters. The van der Waals surface area contributed by atoms with Crippen molar-refractivity contribution in [1.82, 2.24) is 19.9 Å². The van der Waals surface area contributed by atoms with Gasteiger partial charge >= 0.3 is 0 Å². The molecule has 106 valence electrons. The summed E-state index contributed by atoms with van der Waals surface area (Å²) in [5.74, 6) is 0.381. The quantitative estimate of drug-likeness (QED) is 0.423. The number of hydrogen-bond donors (Lipinski definition) is 4. The molecule has 3 rings (SSSR count). The Hall–Kier alpha value is -2.68. The van der Waals surface area contributed by atoms with Crippen molar-refractivity contribution in [2.75, 3.05) is 5.43 Å². The van der Waals surface area contributed by atoms with Crippen molar-refractivity contribution in [3.63, 3.8) is 0 Å². The number of hydrogen-bond acceptors (Lipinski definition) is 6. The monoisotopic (exact) mass is 348 g/mol. The first-order chi connectivity index (χ1) is 10.1. The van der Waals surface area contributed by atoms with Gasteiger partial charge in [-0.2, -0.15) is 10.1 Å². The van der Waals surface area contributed by atoms with E-state index in [1.54, 1.807) is 18.2 Å². The summed E-state index contributed by atoms with van der Waals surface area (Å²) in [6.45, 7) is 0. The molecule has 0 aliphatic heterocycles. The van der Waals surface area contributed by atoms with Crippen LogP contribution in [0.4, 0.5) is 5.95 Å². The number of benzene rings is 1. The average Bonchev–Trinajstić information content (AvgIpc) is 2.87. The molecule has 0 spiro atoms. The minimum atomic E-state index is -0.311. The van der Waals surface area contributed by atoms with Gasteiger partial charge in [-0.25, -0.2) is 10.4 Å². The lowest BCUT2D eigenvalue weighted by atomic mass is 10.2. The zero-order valence-electron chi connectivity index (χ0n) is 10.5. The summed E-state index contributed by atoms with van der Waals surface area (Å²) < 4.78 is 0.821. The number of rotatable bonds is 3. The van der Waals surface area contributed by atoms with E-state index in [1.807, 2.05) is 0 Å². The fraction of sp³-hybridized carbons (Fsp3) is 0. The summed E-state index contributed by atoms with van der Waals surface area (Å²) in [5.41, 5.74) is 3.42. The molecule has 0 fully saturated rings. The van der Waals surface area contributed by atoms with Crippen LogP contribution in [0.2, 0.25) is 0 Å². The third-order valence-corrected chi connectivity index (χ3v) is 3.15. The number of anilines is 1. The number of aromatic nitrogens is 4. The number of nitrogens with zero attached hydrogens (tertiary/aromatic N) is 3. The van der Waals surface area contributed by atoms with Crippen molar-refractivity contribution < 1.29 is 5.11 Å². The van der Waals surface area contributed by atoms with E-state index in [0.29, 0.717) is 11.2 Å². The van der Waals surface area contributed by atoms with Gasteiger partial charge in [-0.3, -0.25) is 4.79 Å². The summed E-state index contributed by atoms with van der Waals surface area (Å²) in [4.78, 5) is 24.7. The van der Waals surface area contributed by atoms with Gasteiger partial charge in [-0.1, -0.05) is 15.9 Å². The predicted octanol–water partition coefficient (Wildman–Crippen LogP) is 1.56. The van der Waals surface area contributed by atoms with Crippen molar-refractivity contribution >= 4 is 39.3 Å². The second-order valence-electron chi connectivity index (χ2n) is 4.09. The smallest absolute Gasteiger partial charge is 0.276 e. The summed E-state index contributed by atoms with van der Waals surface area (Å²) in [6, 6.07) is 4.98. The van der Waals surface area contributed by atoms with Crippen molar-refractivity contribution in [1.29, 1.82) is 0 Å². The SMILES string of the molecule is O=c1[nH]cnc2nc(N/N=C/c3cc(Br)ccc3O)[nH]c12. The van der Waals surface area contributed by atoms with Crippen molar-refractivity contribution in [3.8, 4) is 5.75 Å². The standard InChI is InChI=1S/C12H9BrN6O2/c13-7-1-2-8(20)6(3-7)4-16-19-12-17-9-10(18-12)14-5-15-11(9)21/h1-5,20H,(H3,14,15,17,18,19,21)/b16-4+. The Morgan fingerprint density at radius 2 is 2.29 bits per heavy atom. The molecule has 2 heterocycles. The number of halogens is 1. The highest BCUT2D eigenvalue weighted by atomic mass is 79.9. The van der Waals surface area contributed by atoms with Gasteiger partial charge in [0, 0.05) is 10.0 Å². The van der Waals surface area contributed by atoms with Gasteiger partial charge in [0.1, 0.15) is 5.75 Å². The first kappa shape index (κ1) is 13.3. The molecule has 2 aromatic heterocycles. The third kappa shape index (κ3) is 2.77. The van der Waals surface area contributed by atoms with Crippen LogP contribution in [0.5, 0.6) is 5.75 Å². The Labute approximate surface area is 126 Å². The van der Waals surface area contributed by atoms with E-state index in [9.17, 15) is 9.90 Å². The molecule has 1 aromatic carbocycles. The molecular weight excluding hydrogens is 340 g/mol. The average molecular weight is 349 g/mol. The number of fused-ring (bicyclic) bond motifs is 1. The number of imidazole rings is 1. The maximum Gasteiger partial charge on any atom is 0.276 e. The maximum atomic E-state index is 11.5. The molecule has 21 heavy (non-hydrogen) atoms. The number of hydrazone groups is 1. The molecule has 3 aromatic rings. The summed E-state index contributed by atoms with van der Waals surface area (Å²) in [7, 11) is 0. The lowest BCUT2D eigenvalue weighted by molar-refractivity contribution is 0.474. The number of phenols is 1. The number of aromatic amines is 2. The summed E-state index contributed by atoms with van der Waals surface area (Å²) >= 11 is 3.31. The van der Waals surface area contributed by atoms with Crippen molar-refractivity contribution in [2.24, 2.45) is 5.10 Å². The van der Waals surface area contributed by atoms with Crippen LogP contribution in [0.1, 0.15) is 5.56 Å². The highest BCUT2D eigenvalue weighted by Crippen LogP contribution is 2.20. The lowest BCUT2D eigenvalue weighted by Gasteiger charge is -1.99. The largest absolute Gasteiger partial charge is 0.507 e. The Kier molecular flexibility index (Phi) is 3.40. The molecule has 8 nitrogen and oxygen atoms in total. The van der Waals surface area contributed by atoms with Crippen LogP contribution in [-0.2, 0) is 0 Å². The fourth-order valence-electron chi connectivity index (χ4n) is 1.68. The molecule has 0 aliphatic carbocycles. The van der Waals surface area contributed by atoms with Crippen molar-refractivity contribution in [3.05, 3.63) is 44.9 Å². The maximum absolute atomic E-state index is 11.5. The normalized spacial score (nSPS) is 11.3. The van der Waals surface area contributed by atoms with Crippen LogP contribution in [0.3, 0.4) is 0 Å². The van der Waals surface area contributed by atoms with Crippen LogP contribution in [0.25, 0.3) is 11.2 Å². The number of nitrogens with one attached hydrogen (secondary N) is 3. The Balaban J connectivity index is 1.83. The molecule has 0 radical (unpaired) electrons. The zero-order valence-corrected chi connectivity index (χ0v) is 12.0. The number of phenolic OH excluding ortho intramolecular Hbond substituents is 1. The third-order valence-electron chi connectivity index (χ3n) is 2.66. The van der Waals surface area contributed by atoms with Gasteiger partial charge < -0.3 is 15.1 Å². The van der Waals surface area contributed by atoms with Gasteiger partial charge in [0.05, 0.1) is 12.5 Å². The van der Waals surface area contributed by atoms with Gasteiger partial charge in [-0.05, 0) is 18.2 Å². The van der Waals surface area contributed by atoms with Crippen molar-refractivity contribution in [2.45, 2.75) is 0 Å². The van der Waals surface area contributed by atoms with E-state index in [0.717, 1.165) is 4.47 Å². The fourth-order valence-corrected chi connectivity index (χ4v) is 2.06. The summed E-state index contributed by atoms with van der Waals surface area (Å²) in [6.07, 6.45) is 2.71. The minimum Gasteiger partial charge on any atom is -0.507 e. The molecule has 0 unspecified atom stereocenters. The van der Waals surface area contributed by atoms with Gasteiger partial charge in [0.2, 0.25) is 5.95 Å². The highest BCUT2D eigenvalue weighted by Gasteiger charge is 2.05. The minimum absolute atomic E-state index is 0.103. The number of H-pyrrole nitrogens is 2. The van der Waals surface area contributed by atoms with Crippen LogP contribution in [0.15, 0.2) is 38.9 Å². The Morgan fingerprint density at radius 1 is 1.43 bits per heavy atom. The van der Waals surface area contributed by atoms with Crippen LogP contribution in [-0.4, -0.2) is 31.3 Å². The van der Waals surface area contributed by atoms with Gasteiger partial charge in [0.15, 0.2) is 11.2 Å². The molecule has 0 saturated heterocycles. The second kappa shape index (κ2) is 5.37. The number of aromatic hydroxyl groups is 1. The molecule has 0 saturated carbocycles. The summed E-state index contributed by atoms with van der Waals surface area (Å²) in [5, 5.41) is 13.6. The van der Waals surface area contributed by atoms with E-state index in [1.165, 1.54) is 12.5 Å². The van der Waals surface area contributed by atoms with Gasteiger partial charge in [-0.15, -0.1) is 0 Å². The predicted molar refractivity (Wildman–Crippen MR) is 81.5 cm³/mol. The van der Waals surface area contributed by atoms with Crippen LogP contribution in [0, 0.1) is 0 Å². The first-order valence-electron chi connectivity index (χ1n) is 5.84. The topological polar surface area (TPSA) is 119 Å². The van der Waals surface area contributed by atoms with E-state index >= 15 is 0 Å². The second-order valence-corrected chi connectivity index (χ2v) is 5.00. The zero-order chi connectivity index (χ0) is 14.8. The molecular formula is C12H9BrN6O2. The molecule has 0 amide bonds. The van der Waals surface area contributed by atoms with E-state index in [2.05, 4.69) is 46.4 Å². The van der Waals surface area contributed by atoms with E-state index in [-0.39, 0.29) is 22.8 Å². The first-order valence-corrected chi connectivity index (χ1v) is 6.64. The Morgan fingerprint density at radius 3 is 3.10 bits per heavy atom. The Bertz CT molecular complexity index is 885. The molecule has 0 aliphatic rings. The van der Waals surface area contributed by atoms with Gasteiger partial charge in [0.25, 0.3) is 5.56 Å². The lowest BCUT2D eigenvalue weighted by Crippen LogP contribution is -2.05. The van der Waals surface area contributed by atoms with Crippen LogP contribution >= 0.6 is 15.9 Å². The molecule has 4 N–H and O–H groups in total. The van der Waals surface area contributed by atoms with Crippen LogP contribution < -0.4 is 11.0 Å². The molecule has 0 bridgehead atoms. The van der Waals surface area contributed by atoms with E-state index < -0.39 is 0 Å². The van der Waals surface area contributed by atoms with E-state index in [4.69, 9.17) is 0 Å².